The Balaban J connectivity index is 2.66. The highest BCUT2D eigenvalue weighted by molar-refractivity contribution is 5.36. The van der Waals surface area contributed by atoms with Crippen LogP contribution in [0.4, 0.5) is 17.8 Å². The molecule has 78 valence electrons. The van der Waals surface area contributed by atoms with Crippen molar-refractivity contribution in [3.8, 4) is 0 Å². The van der Waals surface area contributed by atoms with Gasteiger partial charge in [0.15, 0.2) is 0 Å². The van der Waals surface area contributed by atoms with E-state index in [1.165, 1.54) is 0 Å². The molecule has 8 nitrogen and oxygen atoms in total. The Hall–Kier alpha value is -1.67. The standard InChI is InChI=1S/C6H12N6O2/c1-2-14-6(13)12-5-10-3(7)9-4(8)11-5/h6,13H,2H2,1H3,(H5,7,8,9,10,11,12). The van der Waals surface area contributed by atoms with Gasteiger partial charge in [-0.1, -0.05) is 0 Å². The molecule has 0 spiro atoms. The average molecular weight is 200 g/mol. The fourth-order valence-electron chi connectivity index (χ4n) is 0.784. The van der Waals surface area contributed by atoms with Gasteiger partial charge in [0.1, 0.15) is 0 Å². The Labute approximate surface area is 80.3 Å². The number of aliphatic hydroxyl groups is 1. The highest BCUT2D eigenvalue weighted by Gasteiger charge is 2.06. The first-order valence-corrected chi connectivity index (χ1v) is 3.95. The van der Waals surface area contributed by atoms with Crippen LogP contribution in [-0.4, -0.2) is 33.1 Å². The fraction of sp³-hybridized carbons (Fsp3) is 0.500. The Morgan fingerprint density at radius 1 is 1.36 bits per heavy atom. The van der Waals surface area contributed by atoms with Gasteiger partial charge in [-0.25, -0.2) is 0 Å². The van der Waals surface area contributed by atoms with Gasteiger partial charge in [0, 0.05) is 6.61 Å². The van der Waals surface area contributed by atoms with E-state index in [1.807, 2.05) is 0 Å². The number of aromatic nitrogens is 3. The molecular formula is C6H12N6O2. The number of nitrogens with zero attached hydrogens (tertiary/aromatic N) is 3. The van der Waals surface area contributed by atoms with Crippen LogP contribution in [0.2, 0.25) is 0 Å². The summed E-state index contributed by atoms with van der Waals surface area (Å²) in [6.45, 7) is 2.09. The smallest absolute Gasteiger partial charge is 0.237 e. The van der Waals surface area contributed by atoms with Gasteiger partial charge in [0.05, 0.1) is 0 Å². The summed E-state index contributed by atoms with van der Waals surface area (Å²) in [6.07, 6.45) is -1.19. The zero-order valence-electron chi connectivity index (χ0n) is 7.64. The van der Waals surface area contributed by atoms with Crippen LogP contribution in [0.1, 0.15) is 6.92 Å². The Morgan fingerprint density at radius 3 is 2.43 bits per heavy atom. The molecule has 8 heteroatoms. The topological polar surface area (TPSA) is 132 Å². The maximum Gasteiger partial charge on any atom is 0.237 e. The van der Waals surface area contributed by atoms with Crippen LogP contribution in [0.25, 0.3) is 0 Å². The summed E-state index contributed by atoms with van der Waals surface area (Å²) in [5.41, 5.74) is 10.6. The van der Waals surface area contributed by atoms with E-state index in [2.05, 4.69) is 20.3 Å². The van der Waals surface area contributed by atoms with Crippen LogP contribution >= 0.6 is 0 Å². The molecule has 14 heavy (non-hydrogen) atoms. The molecule has 0 radical (unpaired) electrons. The van der Waals surface area contributed by atoms with Crippen LogP contribution in [0.3, 0.4) is 0 Å². The maximum atomic E-state index is 9.17. The van der Waals surface area contributed by atoms with Crippen molar-refractivity contribution < 1.29 is 9.84 Å². The van der Waals surface area contributed by atoms with E-state index in [-0.39, 0.29) is 17.8 Å². The second-order valence-electron chi connectivity index (χ2n) is 2.33. The lowest BCUT2D eigenvalue weighted by molar-refractivity contribution is -0.0735. The van der Waals surface area contributed by atoms with Gasteiger partial charge >= 0.3 is 0 Å². The van der Waals surface area contributed by atoms with Crippen molar-refractivity contribution in [3.63, 3.8) is 0 Å². The number of nitrogens with one attached hydrogen (secondary N) is 1. The number of nitrogen functional groups attached to an aromatic ring is 2. The first kappa shape index (κ1) is 10.4. The molecule has 1 heterocycles. The summed E-state index contributed by atoms with van der Waals surface area (Å²) in [5, 5.41) is 11.6. The molecule has 0 aliphatic rings. The van der Waals surface area contributed by atoms with E-state index in [0.29, 0.717) is 6.61 Å². The van der Waals surface area contributed by atoms with Gasteiger partial charge in [-0.2, -0.15) is 15.0 Å². The lowest BCUT2D eigenvalue weighted by Crippen LogP contribution is -2.24. The van der Waals surface area contributed by atoms with Gasteiger partial charge < -0.3 is 26.6 Å². The molecule has 0 aromatic carbocycles. The third-order valence-corrected chi connectivity index (χ3v) is 1.25. The molecule has 1 unspecified atom stereocenters. The first-order chi connectivity index (χ1) is 6.61. The molecule has 0 aliphatic heterocycles. The molecule has 1 aromatic rings. The van der Waals surface area contributed by atoms with Crippen LogP contribution < -0.4 is 16.8 Å². The molecule has 0 aliphatic carbocycles. The van der Waals surface area contributed by atoms with Crippen LogP contribution in [-0.2, 0) is 4.74 Å². The summed E-state index contributed by atoms with van der Waals surface area (Å²) in [6, 6.07) is 0. The fourth-order valence-corrected chi connectivity index (χ4v) is 0.784. The minimum atomic E-state index is -1.19. The number of hydrogen-bond donors (Lipinski definition) is 4. The number of nitrogens with two attached hydrogens (primary N) is 2. The quantitative estimate of drug-likeness (QED) is 0.443. The van der Waals surface area contributed by atoms with Crippen LogP contribution in [0.15, 0.2) is 0 Å². The van der Waals surface area contributed by atoms with Crippen molar-refractivity contribution in [2.24, 2.45) is 0 Å². The van der Waals surface area contributed by atoms with Gasteiger partial charge in [-0.15, -0.1) is 0 Å². The number of rotatable bonds is 4. The lowest BCUT2D eigenvalue weighted by atomic mass is 10.8. The minimum Gasteiger partial charge on any atom is -0.368 e. The molecular weight excluding hydrogens is 188 g/mol. The van der Waals surface area contributed by atoms with Gasteiger partial charge in [-0.05, 0) is 6.92 Å². The molecule has 1 rings (SSSR count). The number of anilines is 3. The summed E-state index contributed by atoms with van der Waals surface area (Å²) in [4.78, 5) is 10.9. The Kier molecular flexibility index (Phi) is 3.37. The van der Waals surface area contributed by atoms with Crippen LogP contribution in [0, 0.1) is 0 Å². The summed E-state index contributed by atoms with van der Waals surface area (Å²) in [7, 11) is 0. The van der Waals surface area contributed by atoms with Gasteiger partial charge in [0.25, 0.3) is 0 Å². The summed E-state index contributed by atoms with van der Waals surface area (Å²) in [5.74, 6) is 0.0170. The maximum absolute atomic E-state index is 9.17. The molecule has 1 aromatic heterocycles. The molecule has 0 fully saturated rings. The molecule has 0 bridgehead atoms. The second kappa shape index (κ2) is 4.53. The second-order valence-corrected chi connectivity index (χ2v) is 2.33. The highest BCUT2D eigenvalue weighted by atomic mass is 16.6. The zero-order valence-corrected chi connectivity index (χ0v) is 7.64. The van der Waals surface area contributed by atoms with Crippen molar-refractivity contribution in [1.29, 1.82) is 0 Å². The Bertz CT molecular complexity index is 286. The highest BCUT2D eigenvalue weighted by Crippen LogP contribution is 2.04. The van der Waals surface area contributed by atoms with E-state index < -0.39 is 6.41 Å². The predicted octanol–water partition coefficient (Wildman–Crippen LogP) is -1.24. The monoisotopic (exact) mass is 200 g/mol. The van der Waals surface area contributed by atoms with Gasteiger partial charge in [-0.3, -0.25) is 0 Å². The average Bonchev–Trinajstić information content (AvgIpc) is 2.01. The molecule has 0 saturated carbocycles. The Morgan fingerprint density at radius 2 is 1.93 bits per heavy atom. The summed E-state index contributed by atoms with van der Waals surface area (Å²) < 4.78 is 4.79. The van der Waals surface area contributed by atoms with E-state index in [0.717, 1.165) is 0 Å². The van der Waals surface area contributed by atoms with E-state index in [1.54, 1.807) is 6.92 Å². The number of aliphatic hydroxyl groups excluding tert-OH is 1. The van der Waals surface area contributed by atoms with E-state index >= 15 is 0 Å². The zero-order chi connectivity index (χ0) is 10.6. The first-order valence-electron chi connectivity index (χ1n) is 3.95. The van der Waals surface area contributed by atoms with Crippen molar-refractivity contribution in [1.82, 2.24) is 15.0 Å². The minimum absolute atomic E-state index is 0.0244. The van der Waals surface area contributed by atoms with E-state index in [9.17, 15) is 0 Å². The van der Waals surface area contributed by atoms with Crippen molar-refractivity contribution in [3.05, 3.63) is 0 Å². The number of ether oxygens (including phenoxy) is 1. The SMILES string of the molecule is CCOC(O)Nc1nc(N)nc(N)n1. The van der Waals surface area contributed by atoms with Crippen molar-refractivity contribution in [2.45, 2.75) is 13.3 Å². The third-order valence-electron chi connectivity index (χ3n) is 1.25. The van der Waals surface area contributed by atoms with E-state index in [4.69, 9.17) is 21.3 Å². The van der Waals surface area contributed by atoms with Crippen LogP contribution in [0.5, 0.6) is 0 Å². The lowest BCUT2D eigenvalue weighted by Gasteiger charge is -2.11. The van der Waals surface area contributed by atoms with Crippen molar-refractivity contribution in [2.75, 3.05) is 23.4 Å². The van der Waals surface area contributed by atoms with Gasteiger partial charge in [0.2, 0.25) is 24.3 Å². The van der Waals surface area contributed by atoms with Crippen molar-refractivity contribution >= 4 is 17.8 Å². The predicted molar refractivity (Wildman–Crippen MR) is 49.9 cm³/mol. The largest absolute Gasteiger partial charge is 0.368 e. The summed E-state index contributed by atoms with van der Waals surface area (Å²) >= 11 is 0. The number of hydrogen-bond acceptors (Lipinski definition) is 8. The molecule has 6 N–H and O–H groups in total. The normalized spacial score (nSPS) is 12.4. The molecule has 0 amide bonds. The molecule has 0 saturated heterocycles. The molecule has 1 atom stereocenters. The third kappa shape index (κ3) is 2.99.